The number of benzene rings is 2. The maximum absolute atomic E-state index is 13.0. The number of hydrogen-bond acceptors (Lipinski definition) is 3. The molecule has 2 aromatic carbocycles. The second kappa shape index (κ2) is 9.54. The number of nitrogens with zero attached hydrogens (tertiary/aromatic N) is 1. The molecule has 5 nitrogen and oxygen atoms in total. The second-order valence-electron chi connectivity index (χ2n) is 7.01. The number of amides is 1. The average Bonchev–Trinajstić information content (AvgIpc) is 2.69. The van der Waals surface area contributed by atoms with Crippen LogP contribution in [0.25, 0.3) is 0 Å². The first-order chi connectivity index (χ1) is 13.5. The van der Waals surface area contributed by atoms with Crippen molar-refractivity contribution >= 4 is 27.5 Å². The Morgan fingerprint density at radius 3 is 2.50 bits per heavy atom. The Labute approximate surface area is 171 Å². The largest absolute Gasteiger partial charge is 0.356 e. The Balaban J connectivity index is 1.61. The lowest BCUT2D eigenvalue weighted by Gasteiger charge is -2.34. The summed E-state index contributed by atoms with van der Waals surface area (Å²) in [6, 6.07) is 15.8. The van der Waals surface area contributed by atoms with Gasteiger partial charge in [-0.3, -0.25) is 4.79 Å². The minimum atomic E-state index is -3.64. The van der Waals surface area contributed by atoms with Gasteiger partial charge in [0, 0.05) is 30.6 Å². The van der Waals surface area contributed by atoms with Gasteiger partial charge >= 0.3 is 0 Å². The molecule has 150 valence electrons. The number of nitrogens with one attached hydrogen (secondary N) is 1. The first-order valence-electron chi connectivity index (χ1n) is 9.55. The van der Waals surface area contributed by atoms with Crippen LogP contribution in [-0.2, 0) is 21.2 Å². The molecule has 0 bridgehead atoms. The highest BCUT2D eigenvalue weighted by atomic mass is 35.5. The molecule has 1 unspecified atom stereocenters. The van der Waals surface area contributed by atoms with E-state index in [9.17, 15) is 13.2 Å². The molecule has 0 aromatic heterocycles. The van der Waals surface area contributed by atoms with E-state index >= 15 is 0 Å². The van der Waals surface area contributed by atoms with Gasteiger partial charge in [-0.05, 0) is 49.1 Å². The SMILES string of the molecule is O=C(CC1CCCCN1S(=O)(=O)c1ccc(Cl)cc1)NCCc1ccccc1. The van der Waals surface area contributed by atoms with E-state index in [2.05, 4.69) is 5.32 Å². The number of carbonyl (C=O) groups is 1. The zero-order valence-corrected chi connectivity index (χ0v) is 17.3. The molecular weight excluding hydrogens is 396 g/mol. The molecule has 3 rings (SSSR count). The van der Waals surface area contributed by atoms with Crippen LogP contribution in [0.2, 0.25) is 5.02 Å². The third kappa shape index (κ3) is 5.34. The normalized spacial score (nSPS) is 18.0. The summed E-state index contributed by atoms with van der Waals surface area (Å²) in [4.78, 5) is 12.6. The van der Waals surface area contributed by atoms with Crippen molar-refractivity contribution in [3.63, 3.8) is 0 Å². The van der Waals surface area contributed by atoms with Crippen molar-refractivity contribution in [2.24, 2.45) is 0 Å². The molecule has 28 heavy (non-hydrogen) atoms. The van der Waals surface area contributed by atoms with Crippen LogP contribution in [0.15, 0.2) is 59.5 Å². The molecule has 1 heterocycles. The predicted molar refractivity (Wildman–Crippen MR) is 111 cm³/mol. The first kappa shape index (κ1) is 20.8. The minimum absolute atomic E-state index is 0.112. The van der Waals surface area contributed by atoms with E-state index in [1.54, 1.807) is 12.1 Å². The molecule has 1 aliphatic heterocycles. The summed E-state index contributed by atoms with van der Waals surface area (Å²) in [5.41, 5.74) is 1.16. The summed E-state index contributed by atoms with van der Waals surface area (Å²) >= 11 is 5.88. The smallest absolute Gasteiger partial charge is 0.243 e. The van der Waals surface area contributed by atoms with Crippen molar-refractivity contribution in [3.8, 4) is 0 Å². The van der Waals surface area contributed by atoms with E-state index in [1.165, 1.54) is 16.4 Å². The number of sulfonamides is 1. The first-order valence-corrected chi connectivity index (χ1v) is 11.4. The highest BCUT2D eigenvalue weighted by molar-refractivity contribution is 7.89. The summed E-state index contributed by atoms with van der Waals surface area (Å²) in [5, 5.41) is 3.41. The fraction of sp³-hybridized carbons (Fsp3) is 0.381. The van der Waals surface area contributed by atoms with Gasteiger partial charge in [-0.2, -0.15) is 4.31 Å². The second-order valence-corrected chi connectivity index (χ2v) is 9.34. The van der Waals surface area contributed by atoms with Gasteiger partial charge in [0.05, 0.1) is 4.90 Å². The molecule has 1 amide bonds. The molecule has 0 radical (unpaired) electrons. The Bertz CT molecular complexity index is 886. The molecule has 1 fully saturated rings. The maximum Gasteiger partial charge on any atom is 0.243 e. The molecule has 1 saturated heterocycles. The van der Waals surface area contributed by atoms with Crippen LogP contribution in [0.4, 0.5) is 0 Å². The van der Waals surface area contributed by atoms with Crippen LogP contribution in [-0.4, -0.2) is 37.8 Å². The van der Waals surface area contributed by atoms with E-state index < -0.39 is 10.0 Å². The zero-order chi connectivity index (χ0) is 20.0. The molecule has 1 atom stereocenters. The fourth-order valence-corrected chi connectivity index (χ4v) is 5.33. The van der Waals surface area contributed by atoms with Gasteiger partial charge in [0.15, 0.2) is 0 Å². The molecule has 0 spiro atoms. The Morgan fingerprint density at radius 1 is 1.07 bits per heavy atom. The van der Waals surface area contributed by atoms with Crippen molar-refractivity contribution in [1.82, 2.24) is 9.62 Å². The van der Waals surface area contributed by atoms with Crippen molar-refractivity contribution in [2.75, 3.05) is 13.1 Å². The predicted octanol–water partition coefficient (Wildman–Crippen LogP) is 3.63. The lowest BCUT2D eigenvalue weighted by molar-refractivity contribution is -0.122. The van der Waals surface area contributed by atoms with Crippen molar-refractivity contribution in [2.45, 2.75) is 43.0 Å². The summed E-state index contributed by atoms with van der Waals surface area (Å²) in [6.07, 6.45) is 3.36. The number of hydrogen-bond donors (Lipinski definition) is 1. The fourth-order valence-electron chi connectivity index (χ4n) is 3.51. The average molecular weight is 421 g/mol. The zero-order valence-electron chi connectivity index (χ0n) is 15.7. The van der Waals surface area contributed by atoms with Gasteiger partial charge < -0.3 is 5.32 Å². The van der Waals surface area contributed by atoms with Gasteiger partial charge in [-0.15, -0.1) is 0 Å². The van der Waals surface area contributed by atoms with E-state index in [4.69, 9.17) is 11.6 Å². The minimum Gasteiger partial charge on any atom is -0.356 e. The van der Waals surface area contributed by atoms with E-state index in [-0.39, 0.29) is 23.3 Å². The molecule has 1 N–H and O–H groups in total. The number of piperidine rings is 1. The summed E-state index contributed by atoms with van der Waals surface area (Å²) in [5.74, 6) is -0.112. The van der Waals surface area contributed by atoms with Crippen molar-refractivity contribution in [1.29, 1.82) is 0 Å². The topological polar surface area (TPSA) is 66.5 Å². The van der Waals surface area contributed by atoms with Crippen LogP contribution < -0.4 is 5.32 Å². The number of halogens is 1. The molecule has 7 heteroatoms. The number of rotatable bonds is 7. The van der Waals surface area contributed by atoms with Crippen LogP contribution >= 0.6 is 11.6 Å². The lowest BCUT2D eigenvalue weighted by atomic mass is 10.0. The van der Waals surface area contributed by atoms with Gasteiger partial charge in [0.1, 0.15) is 0 Å². The Kier molecular flexibility index (Phi) is 7.10. The lowest BCUT2D eigenvalue weighted by Crippen LogP contribution is -2.46. The van der Waals surface area contributed by atoms with Crippen molar-refractivity contribution in [3.05, 3.63) is 65.2 Å². The number of carbonyl (C=O) groups excluding carboxylic acids is 1. The molecule has 0 saturated carbocycles. The molecule has 1 aliphatic rings. The van der Waals surface area contributed by atoms with Gasteiger partial charge in [-0.25, -0.2) is 8.42 Å². The summed E-state index contributed by atoms with van der Waals surface area (Å²) in [6.45, 7) is 0.979. The maximum atomic E-state index is 13.0. The highest BCUT2D eigenvalue weighted by Crippen LogP contribution is 2.27. The van der Waals surface area contributed by atoms with E-state index in [1.807, 2.05) is 30.3 Å². The van der Waals surface area contributed by atoms with Crippen LogP contribution in [0.1, 0.15) is 31.2 Å². The van der Waals surface area contributed by atoms with E-state index in [0.29, 0.717) is 24.5 Å². The van der Waals surface area contributed by atoms with Crippen LogP contribution in [0.5, 0.6) is 0 Å². The van der Waals surface area contributed by atoms with Gasteiger partial charge in [0.2, 0.25) is 15.9 Å². The Morgan fingerprint density at radius 2 is 1.79 bits per heavy atom. The van der Waals surface area contributed by atoms with E-state index in [0.717, 1.165) is 24.8 Å². The standard InChI is InChI=1S/C21H25ClN2O3S/c22-18-9-11-20(12-10-18)28(26,27)24-15-5-4-8-19(24)16-21(25)23-14-13-17-6-2-1-3-7-17/h1-3,6-7,9-12,19H,4-5,8,13-16H2,(H,23,25). The molecule has 2 aromatic rings. The molecule has 0 aliphatic carbocycles. The summed E-state index contributed by atoms with van der Waals surface area (Å²) < 4.78 is 27.6. The molecular formula is C21H25ClN2O3S. The Hall–Kier alpha value is -1.89. The third-order valence-electron chi connectivity index (χ3n) is 4.99. The highest BCUT2D eigenvalue weighted by Gasteiger charge is 2.34. The van der Waals surface area contributed by atoms with Crippen molar-refractivity contribution < 1.29 is 13.2 Å². The van der Waals surface area contributed by atoms with Crippen LogP contribution in [0.3, 0.4) is 0 Å². The third-order valence-corrected chi connectivity index (χ3v) is 7.21. The monoisotopic (exact) mass is 420 g/mol. The van der Waals surface area contributed by atoms with Crippen LogP contribution in [0, 0.1) is 0 Å². The van der Waals surface area contributed by atoms with Gasteiger partial charge in [-0.1, -0.05) is 48.4 Å². The summed E-state index contributed by atoms with van der Waals surface area (Å²) in [7, 11) is -3.64. The quantitative estimate of drug-likeness (QED) is 0.743. The van der Waals surface area contributed by atoms with Gasteiger partial charge in [0.25, 0.3) is 0 Å².